The first-order chi connectivity index (χ1) is 4.81. The zero-order valence-electron chi connectivity index (χ0n) is 8.19. The van der Waals surface area contributed by atoms with Crippen molar-refractivity contribution in [3.05, 3.63) is 11.6 Å². The number of ketones is 1. The Morgan fingerprint density at radius 1 is 1.27 bits per heavy atom. The average molecular weight is 154 g/mol. The Morgan fingerprint density at radius 3 is 2.00 bits per heavy atom. The van der Waals surface area contributed by atoms with Gasteiger partial charge in [-0.25, -0.2) is 0 Å². The van der Waals surface area contributed by atoms with E-state index in [-0.39, 0.29) is 11.2 Å². The zero-order valence-corrected chi connectivity index (χ0v) is 8.19. The quantitative estimate of drug-likeness (QED) is 0.559. The maximum absolute atomic E-state index is 11.2. The summed E-state index contributed by atoms with van der Waals surface area (Å²) in [5, 5.41) is 0. The lowest BCUT2D eigenvalue weighted by Gasteiger charge is -2.15. The van der Waals surface area contributed by atoms with E-state index in [0.29, 0.717) is 6.42 Å². The molecule has 0 fully saturated rings. The van der Waals surface area contributed by atoms with E-state index < -0.39 is 0 Å². The summed E-state index contributed by atoms with van der Waals surface area (Å²) in [6.45, 7) is 10.1. The second kappa shape index (κ2) is 3.70. The summed E-state index contributed by atoms with van der Waals surface area (Å²) in [5.74, 6) is 0.234. The molecule has 1 heteroatoms. The van der Waals surface area contributed by atoms with Crippen LogP contribution in [0.4, 0.5) is 0 Å². The number of hydrogen-bond acceptors (Lipinski definition) is 1. The fourth-order valence-electron chi connectivity index (χ4n) is 0.896. The molecule has 0 unspecified atom stereocenters. The smallest absolute Gasteiger partial charge is 0.156 e. The lowest BCUT2D eigenvalue weighted by atomic mass is 9.89. The standard InChI is InChI=1S/C10H18O/c1-8(2)6-9(11)7-10(3,4)5/h6H,7H2,1-5H3. The third-order valence-corrected chi connectivity index (χ3v) is 1.15. The van der Waals surface area contributed by atoms with E-state index in [4.69, 9.17) is 0 Å². The fourth-order valence-corrected chi connectivity index (χ4v) is 0.896. The highest BCUT2D eigenvalue weighted by Crippen LogP contribution is 2.19. The van der Waals surface area contributed by atoms with Gasteiger partial charge in [-0.2, -0.15) is 0 Å². The molecule has 0 spiro atoms. The summed E-state index contributed by atoms with van der Waals surface area (Å²) in [6.07, 6.45) is 2.35. The minimum atomic E-state index is 0.114. The molecule has 0 saturated carbocycles. The van der Waals surface area contributed by atoms with Gasteiger partial charge in [-0.05, 0) is 25.3 Å². The van der Waals surface area contributed by atoms with Gasteiger partial charge in [-0.1, -0.05) is 26.3 Å². The Morgan fingerprint density at radius 2 is 1.73 bits per heavy atom. The van der Waals surface area contributed by atoms with Crippen molar-refractivity contribution in [3.8, 4) is 0 Å². The summed E-state index contributed by atoms with van der Waals surface area (Å²) in [7, 11) is 0. The highest BCUT2D eigenvalue weighted by Gasteiger charge is 2.13. The van der Waals surface area contributed by atoms with E-state index >= 15 is 0 Å². The van der Waals surface area contributed by atoms with Gasteiger partial charge in [0.15, 0.2) is 5.78 Å². The molecule has 0 aromatic carbocycles. The molecule has 0 heterocycles. The molecule has 0 aliphatic rings. The van der Waals surface area contributed by atoms with Crippen molar-refractivity contribution < 1.29 is 4.79 Å². The maximum atomic E-state index is 11.2. The van der Waals surface area contributed by atoms with Gasteiger partial charge in [0.2, 0.25) is 0 Å². The van der Waals surface area contributed by atoms with Crippen molar-refractivity contribution in [2.24, 2.45) is 5.41 Å². The Bertz CT molecular complexity index is 166. The van der Waals surface area contributed by atoms with Crippen LogP contribution in [0.1, 0.15) is 41.0 Å². The fraction of sp³-hybridized carbons (Fsp3) is 0.700. The van der Waals surface area contributed by atoms with Crippen LogP contribution in [0.2, 0.25) is 0 Å². The Hall–Kier alpha value is -0.590. The van der Waals surface area contributed by atoms with Gasteiger partial charge in [0.05, 0.1) is 0 Å². The Kier molecular flexibility index (Phi) is 3.50. The van der Waals surface area contributed by atoms with Gasteiger partial charge in [0.25, 0.3) is 0 Å². The van der Waals surface area contributed by atoms with Crippen molar-refractivity contribution in [1.29, 1.82) is 0 Å². The van der Waals surface area contributed by atoms with Gasteiger partial charge in [0.1, 0.15) is 0 Å². The van der Waals surface area contributed by atoms with Crippen LogP contribution in [-0.4, -0.2) is 5.78 Å². The first-order valence-electron chi connectivity index (χ1n) is 3.99. The van der Waals surface area contributed by atoms with E-state index in [9.17, 15) is 4.79 Å². The van der Waals surface area contributed by atoms with Gasteiger partial charge < -0.3 is 0 Å². The molecule has 0 aliphatic carbocycles. The Balaban J connectivity index is 4.00. The second-order valence-electron chi connectivity index (χ2n) is 4.43. The van der Waals surface area contributed by atoms with Crippen molar-refractivity contribution in [3.63, 3.8) is 0 Å². The monoisotopic (exact) mass is 154 g/mol. The normalized spacial score (nSPS) is 11.0. The number of carbonyl (C=O) groups is 1. The molecule has 0 amide bonds. The topological polar surface area (TPSA) is 17.1 Å². The van der Waals surface area contributed by atoms with E-state index in [2.05, 4.69) is 20.8 Å². The first-order valence-corrected chi connectivity index (χ1v) is 3.99. The largest absolute Gasteiger partial charge is 0.295 e. The van der Waals surface area contributed by atoms with Crippen molar-refractivity contribution in [2.75, 3.05) is 0 Å². The van der Waals surface area contributed by atoms with Gasteiger partial charge in [-0.15, -0.1) is 0 Å². The molecular weight excluding hydrogens is 136 g/mol. The molecular formula is C10H18O. The summed E-state index contributed by atoms with van der Waals surface area (Å²) >= 11 is 0. The van der Waals surface area contributed by atoms with Gasteiger partial charge >= 0.3 is 0 Å². The van der Waals surface area contributed by atoms with Gasteiger partial charge in [0, 0.05) is 6.42 Å². The highest BCUT2D eigenvalue weighted by molar-refractivity contribution is 5.90. The SMILES string of the molecule is CC(C)=CC(=O)CC(C)(C)C. The number of hydrogen-bond donors (Lipinski definition) is 0. The van der Waals surface area contributed by atoms with Crippen LogP contribution in [0.25, 0.3) is 0 Å². The molecule has 0 aromatic rings. The molecule has 0 bridgehead atoms. The Labute approximate surface area is 69.5 Å². The molecule has 0 radical (unpaired) electrons. The molecule has 11 heavy (non-hydrogen) atoms. The third kappa shape index (κ3) is 7.31. The van der Waals surface area contributed by atoms with Crippen LogP contribution < -0.4 is 0 Å². The van der Waals surface area contributed by atoms with Crippen molar-refractivity contribution >= 4 is 5.78 Å². The summed E-state index contributed by atoms with van der Waals surface area (Å²) in [5.41, 5.74) is 1.20. The molecule has 0 aromatic heterocycles. The van der Waals surface area contributed by atoms with Crippen LogP contribution in [0.15, 0.2) is 11.6 Å². The summed E-state index contributed by atoms with van der Waals surface area (Å²) in [6, 6.07) is 0. The molecule has 0 atom stereocenters. The van der Waals surface area contributed by atoms with Gasteiger partial charge in [-0.3, -0.25) is 4.79 Å². The number of allylic oxidation sites excluding steroid dienone is 2. The molecule has 64 valence electrons. The molecule has 0 rings (SSSR count). The third-order valence-electron chi connectivity index (χ3n) is 1.15. The van der Waals surface area contributed by atoms with Crippen molar-refractivity contribution in [1.82, 2.24) is 0 Å². The van der Waals surface area contributed by atoms with Crippen LogP contribution >= 0.6 is 0 Å². The lowest BCUT2D eigenvalue weighted by molar-refractivity contribution is -0.116. The summed E-state index contributed by atoms with van der Waals surface area (Å²) in [4.78, 5) is 11.2. The highest BCUT2D eigenvalue weighted by atomic mass is 16.1. The molecule has 0 N–H and O–H groups in total. The van der Waals surface area contributed by atoms with Crippen LogP contribution in [0, 0.1) is 5.41 Å². The van der Waals surface area contributed by atoms with Crippen LogP contribution in [0.3, 0.4) is 0 Å². The predicted octanol–water partition coefficient (Wildman–Crippen LogP) is 2.96. The number of rotatable bonds is 2. The number of carbonyl (C=O) groups excluding carboxylic acids is 1. The van der Waals surface area contributed by atoms with Crippen molar-refractivity contribution in [2.45, 2.75) is 41.0 Å². The maximum Gasteiger partial charge on any atom is 0.156 e. The van der Waals surface area contributed by atoms with E-state index in [1.807, 2.05) is 13.8 Å². The zero-order chi connectivity index (χ0) is 9.07. The average Bonchev–Trinajstić information content (AvgIpc) is 1.53. The second-order valence-corrected chi connectivity index (χ2v) is 4.43. The minimum absolute atomic E-state index is 0.114. The first kappa shape index (κ1) is 10.4. The predicted molar refractivity (Wildman–Crippen MR) is 48.5 cm³/mol. The molecule has 0 saturated heterocycles. The van der Waals surface area contributed by atoms with E-state index in [1.54, 1.807) is 6.08 Å². The molecule has 0 aliphatic heterocycles. The van der Waals surface area contributed by atoms with Crippen LogP contribution in [-0.2, 0) is 4.79 Å². The lowest BCUT2D eigenvalue weighted by Crippen LogP contribution is -2.10. The summed E-state index contributed by atoms with van der Waals surface area (Å²) < 4.78 is 0. The minimum Gasteiger partial charge on any atom is -0.295 e. The van der Waals surface area contributed by atoms with E-state index in [0.717, 1.165) is 5.57 Å². The molecule has 1 nitrogen and oxygen atoms in total. The van der Waals surface area contributed by atoms with Crippen LogP contribution in [0.5, 0.6) is 0 Å². The van der Waals surface area contributed by atoms with E-state index in [1.165, 1.54) is 0 Å².